The minimum atomic E-state index is 0.0295. The Labute approximate surface area is 151 Å². The van der Waals surface area contributed by atoms with Crippen molar-refractivity contribution in [1.29, 1.82) is 0 Å². The van der Waals surface area contributed by atoms with Gasteiger partial charge in [0, 0.05) is 30.6 Å². The van der Waals surface area contributed by atoms with Crippen LogP contribution in [0, 0.1) is 0 Å². The molecule has 0 bridgehead atoms. The van der Waals surface area contributed by atoms with Crippen LogP contribution in [-0.4, -0.2) is 21.2 Å². The number of hydrogen-bond donors (Lipinski definition) is 0. The van der Waals surface area contributed by atoms with Gasteiger partial charge in [-0.15, -0.1) is 11.3 Å². The third-order valence-electron chi connectivity index (χ3n) is 4.27. The molecule has 0 aliphatic rings. The van der Waals surface area contributed by atoms with E-state index in [4.69, 9.17) is 4.74 Å². The molecule has 0 fully saturated rings. The molecule has 0 unspecified atom stereocenters. The molecule has 0 radical (unpaired) electrons. The maximum absolute atomic E-state index is 5.86. The second-order valence-corrected chi connectivity index (χ2v) is 9.56. The van der Waals surface area contributed by atoms with Gasteiger partial charge in [0.2, 0.25) is 0 Å². The van der Waals surface area contributed by atoms with Gasteiger partial charge in [-0.2, -0.15) is 0 Å². The quantitative estimate of drug-likeness (QED) is 0.668. The minimum absolute atomic E-state index is 0.0295. The summed E-state index contributed by atoms with van der Waals surface area (Å²) in [5.74, 6) is 1.03. The minimum Gasteiger partial charge on any atom is -0.496 e. The lowest BCUT2D eigenvalue weighted by Crippen LogP contribution is -2.19. The maximum Gasteiger partial charge on any atom is 0.126 e. The third-order valence-corrected chi connectivity index (χ3v) is 5.37. The number of methoxy groups -OCH3 is 1. The van der Waals surface area contributed by atoms with Gasteiger partial charge in [0.05, 0.1) is 12.1 Å². The lowest BCUT2D eigenvalue weighted by molar-refractivity contribution is 0.381. The Morgan fingerprint density at radius 1 is 0.833 bits per heavy atom. The van der Waals surface area contributed by atoms with E-state index >= 15 is 0 Å². The van der Waals surface area contributed by atoms with E-state index < -0.39 is 0 Å². The molecule has 0 atom stereocenters. The SMILES string of the molecule is COc1c(C(C)(C)C)cc(-c2csc(N(C)C)c2)cc1C(C)(C)C. The molecule has 2 rings (SSSR count). The van der Waals surface area contributed by atoms with Crippen LogP contribution in [0.4, 0.5) is 5.00 Å². The molecule has 0 aliphatic heterocycles. The van der Waals surface area contributed by atoms with Crippen LogP contribution >= 0.6 is 11.3 Å². The van der Waals surface area contributed by atoms with Gasteiger partial charge in [0.15, 0.2) is 0 Å². The van der Waals surface area contributed by atoms with E-state index in [0.29, 0.717) is 0 Å². The van der Waals surface area contributed by atoms with Crippen molar-refractivity contribution in [2.24, 2.45) is 0 Å². The van der Waals surface area contributed by atoms with Crippen molar-refractivity contribution >= 4 is 16.3 Å². The van der Waals surface area contributed by atoms with E-state index in [-0.39, 0.29) is 10.8 Å². The summed E-state index contributed by atoms with van der Waals surface area (Å²) in [6.07, 6.45) is 0. The van der Waals surface area contributed by atoms with Gasteiger partial charge in [0.1, 0.15) is 5.75 Å². The highest BCUT2D eigenvalue weighted by molar-refractivity contribution is 7.14. The van der Waals surface area contributed by atoms with Crippen LogP contribution < -0.4 is 9.64 Å². The van der Waals surface area contributed by atoms with Crippen LogP contribution in [0.1, 0.15) is 52.7 Å². The molecule has 0 saturated carbocycles. The van der Waals surface area contributed by atoms with Crippen molar-refractivity contribution < 1.29 is 4.74 Å². The van der Waals surface area contributed by atoms with Gasteiger partial charge < -0.3 is 9.64 Å². The van der Waals surface area contributed by atoms with Gasteiger partial charge in [-0.3, -0.25) is 0 Å². The summed E-state index contributed by atoms with van der Waals surface area (Å²) in [6.45, 7) is 13.5. The van der Waals surface area contributed by atoms with Crippen LogP contribution in [0.3, 0.4) is 0 Å². The number of nitrogens with zero attached hydrogens (tertiary/aromatic N) is 1. The maximum atomic E-state index is 5.86. The Hall–Kier alpha value is -1.48. The zero-order chi connectivity index (χ0) is 18.3. The van der Waals surface area contributed by atoms with Crippen LogP contribution in [0.2, 0.25) is 0 Å². The fourth-order valence-corrected chi connectivity index (χ4v) is 3.70. The summed E-state index contributed by atoms with van der Waals surface area (Å²) in [4.78, 5) is 2.16. The molecule has 0 aliphatic carbocycles. The highest BCUT2D eigenvalue weighted by Gasteiger charge is 2.27. The van der Waals surface area contributed by atoms with E-state index in [0.717, 1.165) is 5.75 Å². The summed E-state index contributed by atoms with van der Waals surface area (Å²) >= 11 is 1.78. The Kier molecular flexibility index (Phi) is 5.06. The second kappa shape index (κ2) is 6.44. The Bertz CT molecular complexity index is 679. The van der Waals surface area contributed by atoms with Crippen molar-refractivity contribution in [2.45, 2.75) is 52.4 Å². The largest absolute Gasteiger partial charge is 0.496 e. The molecule has 1 aromatic heterocycles. The topological polar surface area (TPSA) is 12.5 Å². The molecule has 1 aromatic carbocycles. The first-order valence-corrected chi connectivity index (χ1v) is 9.32. The number of ether oxygens (including phenoxy) is 1. The Morgan fingerprint density at radius 3 is 1.67 bits per heavy atom. The van der Waals surface area contributed by atoms with E-state index in [1.54, 1.807) is 18.4 Å². The van der Waals surface area contributed by atoms with E-state index in [1.807, 2.05) is 0 Å². The summed E-state index contributed by atoms with van der Waals surface area (Å²) in [5.41, 5.74) is 5.15. The summed E-state index contributed by atoms with van der Waals surface area (Å²) in [5, 5.41) is 3.52. The van der Waals surface area contributed by atoms with Crippen molar-refractivity contribution in [2.75, 3.05) is 26.1 Å². The van der Waals surface area contributed by atoms with Gasteiger partial charge in [-0.25, -0.2) is 0 Å². The number of anilines is 1. The lowest BCUT2D eigenvalue weighted by atomic mass is 9.78. The molecular formula is C21H31NOS. The number of thiophene rings is 1. The highest BCUT2D eigenvalue weighted by atomic mass is 32.1. The van der Waals surface area contributed by atoms with Crippen LogP contribution in [0.15, 0.2) is 23.6 Å². The zero-order valence-corrected chi connectivity index (χ0v) is 17.4. The van der Waals surface area contributed by atoms with Crippen molar-refractivity contribution in [3.8, 4) is 16.9 Å². The standard InChI is InChI=1S/C21H31NOS/c1-20(2,3)16-10-14(15-12-18(22(7)8)24-13-15)11-17(19(16)23-9)21(4,5)6/h10-13H,1-9H3. The molecule has 1 heterocycles. The Morgan fingerprint density at radius 2 is 1.33 bits per heavy atom. The second-order valence-electron chi connectivity index (χ2n) is 8.67. The third kappa shape index (κ3) is 3.77. The molecule has 0 amide bonds. The summed E-state index contributed by atoms with van der Waals surface area (Å²) in [6, 6.07) is 6.87. The van der Waals surface area contributed by atoms with Gasteiger partial charge in [-0.1, -0.05) is 41.5 Å². The smallest absolute Gasteiger partial charge is 0.126 e. The fraction of sp³-hybridized carbons (Fsp3) is 0.524. The lowest BCUT2D eigenvalue weighted by Gasteiger charge is -2.30. The predicted octanol–water partition coefficient (Wildman–Crippen LogP) is 6.08. The van der Waals surface area contributed by atoms with Crippen molar-refractivity contribution in [3.63, 3.8) is 0 Å². The monoisotopic (exact) mass is 345 g/mol. The van der Waals surface area contributed by atoms with E-state index in [9.17, 15) is 0 Å². The molecule has 3 heteroatoms. The average Bonchev–Trinajstić information content (AvgIpc) is 2.93. The normalized spacial score (nSPS) is 12.4. The summed E-state index contributed by atoms with van der Waals surface area (Å²) < 4.78 is 5.86. The molecular weight excluding hydrogens is 314 g/mol. The van der Waals surface area contributed by atoms with Gasteiger partial charge in [0.25, 0.3) is 0 Å². The molecule has 0 N–H and O–H groups in total. The van der Waals surface area contributed by atoms with Crippen LogP contribution in [0.25, 0.3) is 11.1 Å². The number of hydrogen-bond acceptors (Lipinski definition) is 3. The first-order valence-electron chi connectivity index (χ1n) is 8.44. The van der Waals surface area contributed by atoms with Crippen LogP contribution in [0.5, 0.6) is 5.75 Å². The van der Waals surface area contributed by atoms with E-state index in [2.05, 4.69) is 84.1 Å². The molecule has 2 aromatic rings. The first kappa shape index (κ1) is 18.9. The zero-order valence-electron chi connectivity index (χ0n) is 16.6. The molecule has 24 heavy (non-hydrogen) atoms. The molecule has 132 valence electrons. The summed E-state index contributed by atoms with van der Waals surface area (Å²) in [7, 11) is 5.96. The van der Waals surface area contributed by atoms with Crippen LogP contribution in [-0.2, 0) is 10.8 Å². The molecule has 0 saturated heterocycles. The van der Waals surface area contributed by atoms with E-state index in [1.165, 1.54) is 27.3 Å². The molecule has 0 spiro atoms. The Balaban J connectivity index is 2.73. The van der Waals surface area contributed by atoms with Crippen molar-refractivity contribution in [3.05, 3.63) is 34.7 Å². The highest BCUT2D eigenvalue weighted by Crippen LogP contribution is 2.43. The fourth-order valence-electron chi connectivity index (χ4n) is 2.84. The van der Waals surface area contributed by atoms with Gasteiger partial charge >= 0.3 is 0 Å². The molecule has 2 nitrogen and oxygen atoms in total. The predicted molar refractivity (Wildman–Crippen MR) is 108 cm³/mol. The number of rotatable bonds is 3. The number of benzene rings is 1. The van der Waals surface area contributed by atoms with Gasteiger partial charge in [-0.05, 0) is 40.2 Å². The average molecular weight is 346 g/mol. The van der Waals surface area contributed by atoms with Crippen molar-refractivity contribution in [1.82, 2.24) is 0 Å². The first-order chi connectivity index (χ1) is 10.9.